The number of hydrogen-bond acceptors (Lipinski definition) is 2. The molecule has 120 valence electrons. The van der Waals surface area contributed by atoms with Crippen molar-refractivity contribution in [1.82, 2.24) is 4.98 Å². The van der Waals surface area contributed by atoms with Gasteiger partial charge in [-0.2, -0.15) is 4.99 Å². The quantitative estimate of drug-likeness (QED) is 0.560. The zero-order chi connectivity index (χ0) is 17.3. The predicted molar refractivity (Wildman–Crippen MR) is 92.0 cm³/mol. The van der Waals surface area contributed by atoms with Gasteiger partial charge in [-0.05, 0) is 42.0 Å². The van der Waals surface area contributed by atoms with Gasteiger partial charge in [-0.1, -0.05) is 24.3 Å². The Morgan fingerprint density at radius 1 is 1.12 bits per heavy atom. The molecule has 0 radical (unpaired) electrons. The van der Waals surface area contributed by atoms with Crippen LogP contribution in [0.4, 0.5) is 4.39 Å². The number of nitrogens with two attached hydrogens (primary N) is 2. The summed E-state index contributed by atoms with van der Waals surface area (Å²) in [7, 11) is 0. The molecule has 0 saturated heterocycles. The van der Waals surface area contributed by atoms with Crippen molar-refractivity contribution in [2.24, 2.45) is 16.5 Å². The van der Waals surface area contributed by atoms with Gasteiger partial charge in [0.05, 0.1) is 11.4 Å². The van der Waals surface area contributed by atoms with Crippen LogP contribution in [-0.2, 0) is 0 Å². The SMILES string of the molecule is Cc1nc(-c2cccc3ccc(C(=O)N=C(N)N)cc23)ccc1F. The molecule has 0 aliphatic heterocycles. The number of hydrogen-bond donors (Lipinski definition) is 2. The summed E-state index contributed by atoms with van der Waals surface area (Å²) < 4.78 is 13.5. The number of guanidine groups is 1. The first kappa shape index (κ1) is 15.6. The summed E-state index contributed by atoms with van der Waals surface area (Å²) in [6, 6.07) is 13.8. The van der Waals surface area contributed by atoms with Gasteiger partial charge < -0.3 is 11.5 Å². The zero-order valence-electron chi connectivity index (χ0n) is 13.0. The molecule has 0 unspecified atom stereocenters. The average molecular weight is 322 g/mol. The third-order valence-corrected chi connectivity index (χ3v) is 3.66. The van der Waals surface area contributed by atoms with E-state index in [0.29, 0.717) is 17.0 Å². The van der Waals surface area contributed by atoms with Crippen LogP contribution in [0.1, 0.15) is 16.1 Å². The van der Waals surface area contributed by atoms with E-state index >= 15 is 0 Å². The molecule has 0 fully saturated rings. The van der Waals surface area contributed by atoms with E-state index in [4.69, 9.17) is 11.5 Å². The molecule has 4 N–H and O–H groups in total. The van der Waals surface area contributed by atoms with Crippen molar-refractivity contribution in [1.29, 1.82) is 0 Å². The molecular weight excluding hydrogens is 307 g/mol. The lowest BCUT2D eigenvalue weighted by atomic mass is 9.99. The largest absolute Gasteiger partial charge is 0.370 e. The van der Waals surface area contributed by atoms with E-state index in [2.05, 4.69) is 9.98 Å². The van der Waals surface area contributed by atoms with Crippen molar-refractivity contribution < 1.29 is 9.18 Å². The maximum atomic E-state index is 13.5. The smallest absolute Gasteiger partial charge is 0.280 e. The number of amides is 1. The van der Waals surface area contributed by atoms with Gasteiger partial charge in [0.1, 0.15) is 5.82 Å². The second-order valence-corrected chi connectivity index (χ2v) is 5.35. The summed E-state index contributed by atoms with van der Waals surface area (Å²) in [5.74, 6) is -1.17. The van der Waals surface area contributed by atoms with Crippen LogP contribution in [0, 0.1) is 12.7 Å². The number of carbonyl (C=O) groups is 1. The fraction of sp³-hybridized carbons (Fsp3) is 0.0556. The van der Waals surface area contributed by atoms with Gasteiger partial charge >= 0.3 is 0 Å². The highest BCUT2D eigenvalue weighted by Gasteiger charge is 2.11. The third-order valence-electron chi connectivity index (χ3n) is 3.66. The highest BCUT2D eigenvalue weighted by molar-refractivity contribution is 6.06. The lowest BCUT2D eigenvalue weighted by molar-refractivity contribution is 0.100. The fourth-order valence-electron chi connectivity index (χ4n) is 2.50. The maximum absolute atomic E-state index is 13.5. The van der Waals surface area contributed by atoms with Crippen LogP contribution < -0.4 is 11.5 Å². The molecule has 0 spiro atoms. The zero-order valence-corrected chi connectivity index (χ0v) is 13.0. The third kappa shape index (κ3) is 2.94. The highest BCUT2D eigenvalue weighted by atomic mass is 19.1. The molecule has 3 aromatic rings. The lowest BCUT2D eigenvalue weighted by Gasteiger charge is -2.08. The molecule has 3 rings (SSSR count). The second kappa shape index (κ2) is 6.08. The summed E-state index contributed by atoms with van der Waals surface area (Å²) in [5, 5.41) is 1.74. The van der Waals surface area contributed by atoms with Crippen LogP contribution in [-0.4, -0.2) is 16.9 Å². The number of carbonyl (C=O) groups excluding carboxylic acids is 1. The number of halogens is 1. The number of benzene rings is 2. The minimum atomic E-state index is -0.519. The summed E-state index contributed by atoms with van der Waals surface area (Å²) >= 11 is 0. The molecule has 6 heteroatoms. The summed E-state index contributed by atoms with van der Waals surface area (Å²) in [5.41, 5.74) is 12.6. The van der Waals surface area contributed by atoms with E-state index in [9.17, 15) is 9.18 Å². The molecule has 0 aliphatic carbocycles. The predicted octanol–water partition coefficient (Wildman–Crippen LogP) is 2.76. The van der Waals surface area contributed by atoms with Gasteiger partial charge in [-0.3, -0.25) is 9.78 Å². The number of pyridine rings is 1. The number of nitrogens with zero attached hydrogens (tertiary/aromatic N) is 2. The first-order chi connectivity index (χ1) is 11.5. The van der Waals surface area contributed by atoms with Gasteiger partial charge in [0.15, 0.2) is 5.96 Å². The summed E-state index contributed by atoms with van der Waals surface area (Å²) in [6.45, 7) is 1.61. The van der Waals surface area contributed by atoms with Crippen LogP contribution in [0.25, 0.3) is 22.0 Å². The second-order valence-electron chi connectivity index (χ2n) is 5.35. The van der Waals surface area contributed by atoms with Gasteiger partial charge in [-0.25, -0.2) is 4.39 Å². The van der Waals surface area contributed by atoms with E-state index in [1.165, 1.54) is 6.07 Å². The van der Waals surface area contributed by atoms with Crippen molar-refractivity contribution in [3.8, 4) is 11.3 Å². The molecule has 1 amide bonds. The standard InChI is InChI=1S/C18H15FN4O/c1-10-15(19)7-8-16(22-10)13-4-2-3-11-5-6-12(9-14(11)13)17(24)23-18(20)21/h2-9H,1H3,(H4,20,21,23,24). The van der Waals surface area contributed by atoms with Gasteiger partial charge in [0, 0.05) is 11.1 Å². The van der Waals surface area contributed by atoms with Crippen LogP contribution in [0.2, 0.25) is 0 Å². The summed E-state index contributed by atoms with van der Waals surface area (Å²) in [6.07, 6.45) is 0. The van der Waals surface area contributed by atoms with Crippen molar-refractivity contribution in [2.45, 2.75) is 6.92 Å². The Kier molecular flexibility index (Phi) is 3.95. The molecule has 0 aliphatic rings. The Labute approximate surface area is 137 Å². The van der Waals surface area contributed by atoms with Crippen LogP contribution in [0.15, 0.2) is 53.5 Å². The maximum Gasteiger partial charge on any atom is 0.280 e. The van der Waals surface area contributed by atoms with E-state index in [1.807, 2.05) is 24.3 Å². The van der Waals surface area contributed by atoms with E-state index in [-0.39, 0.29) is 11.8 Å². The Morgan fingerprint density at radius 2 is 1.92 bits per heavy atom. The van der Waals surface area contributed by atoms with Gasteiger partial charge in [-0.15, -0.1) is 0 Å². The number of fused-ring (bicyclic) bond motifs is 1. The first-order valence-corrected chi connectivity index (χ1v) is 7.26. The first-order valence-electron chi connectivity index (χ1n) is 7.26. The summed E-state index contributed by atoms with van der Waals surface area (Å²) in [4.78, 5) is 19.9. The number of aryl methyl sites for hydroxylation is 1. The Hall–Kier alpha value is -3.28. The van der Waals surface area contributed by atoms with Crippen LogP contribution >= 0.6 is 0 Å². The molecule has 0 bridgehead atoms. The molecular formula is C18H15FN4O. The fourth-order valence-corrected chi connectivity index (χ4v) is 2.50. The van der Waals surface area contributed by atoms with Crippen LogP contribution in [0.3, 0.4) is 0 Å². The van der Waals surface area contributed by atoms with E-state index < -0.39 is 5.91 Å². The lowest BCUT2D eigenvalue weighted by Crippen LogP contribution is -2.24. The monoisotopic (exact) mass is 322 g/mol. The number of aromatic nitrogens is 1. The average Bonchev–Trinajstić information content (AvgIpc) is 2.55. The van der Waals surface area contributed by atoms with Crippen molar-refractivity contribution in [3.63, 3.8) is 0 Å². The normalized spacial score (nSPS) is 10.6. The molecule has 5 nitrogen and oxygen atoms in total. The minimum absolute atomic E-state index is 0.288. The molecule has 1 aromatic heterocycles. The molecule has 2 aromatic carbocycles. The molecule has 24 heavy (non-hydrogen) atoms. The molecule has 1 heterocycles. The van der Waals surface area contributed by atoms with E-state index in [1.54, 1.807) is 25.1 Å². The number of rotatable bonds is 2. The van der Waals surface area contributed by atoms with E-state index in [0.717, 1.165) is 16.3 Å². The molecule has 0 atom stereocenters. The Bertz CT molecular complexity index is 978. The van der Waals surface area contributed by atoms with Crippen molar-refractivity contribution in [2.75, 3.05) is 0 Å². The topological polar surface area (TPSA) is 94.4 Å². The minimum Gasteiger partial charge on any atom is -0.370 e. The van der Waals surface area contributed by atoms with Crippen molar-refractivity contribution >= 4 is 22.6 Å². The van der Waals surface area contributed by atoms with Gasteiger partial charge in [0.2, 0.25) is 0 Å². The van der Waals surface area contributed by atoms with Crippen molar-refractivity contribution in [3.05, 3.63) is 65.6 Å². The van der Waals surface area contributed by atoms with Crippen LogP contribution in [0.5, 0.6) is 0 Å². The Balaban J connectivity index is 2.19. The molecule has 0 saturated carbocycles. The number of aliphatic imine (C=N–C) groups is 1. The highest BCUT2D eigenvalue weighted by Crippen LogP contribution is 2.29. The Morgan fingerprint density at radius 3 is 2.62 bits per heavy atom. The van der Waals surface area contributed by atoms with Gasteiger partial charge in [0.25, 0.3) is 5.91 Å².